The van der Waals surface area contributed by atoms with E-state index >= 15 is 0 Å². The van der Waals surface area contributed by atoms with Crippen LogP contribution in [-0.4, -0.2) is 58.1 Å². The van der Waals surface area contributed by atoms with Crippen molar-refractivity contribution in [3.05, 3.63) is 34.4 Å². The lowest BCUT2D eigenvalue weighted by molar-refractivity contribution is 0.122. The molecule has 1 saturated heterocycles. The number of H-pyrrole nitrogens is 1. The molecule has 0 saturated carbocycles. The summed E-state index contributed by atoms with van der Waals surface area (Å²) in [6.07, 6.45) is 3.51. The van der Waals surface area contributed by atoms with Crippen molar-refractivity contribution in [3.8, 4) is 0 Å². The van der Waals surface area contributed by atoms with Crippen LogP contribution in [0.5, 0.6) is 0 Å². The van der Waals surface area contributed by atoms with Gasteiger partial charge in [0.25, 0.3) is 5.56 Å². The molecule has 9 heteroatoms. The smallest absolute Gasteiger partial charge is 0.278 e. The van der Waals surface area contributed by atoms with E-state index in [1.54, 1.807) is 17.9 Å². The van der Waals surface area contributed by atoms with Gasteiger partial charge in [-0.2, -0.15) is 5.10 Å². The summed E-state index contributed by atoms with van der Waals surface area (Å²) in [4.78, 5) is 28.8. The van der Waals surface area contributed by atoms with Crippen molar-refractivity contribution in [1.82, 2.24) is 24.7 Å². The van der Waals surface area contributed by atoms with Crippen LogP contribution in [0.25, 0.3) is 11.0 Å². The van der Waals surface area contributed by atoms with Crippen molar-refractivity contribution in [2.45, 2.75) is 19.8 Å². The number of pyridine rings is 1. The Kier molecular flexibility index (Phi) is 4.99. The Morgan fingerprint density at radius 1 is 1.32 bits per heavy atom. The fourth-order valence-corrected chi connectivity index (χ4v) is 3.50. The summed E-state index contributed by atoms with van der Waals surface area (Å²) in [6.45, 7) is 5.13. The van der Waals surface area contributed by atoms with Gasteiger partial charge in [-0.15, -0.1) is 0 Å². The number of anilines is 3. The van der Waals surface area contributed by atoms with E-state index in [0.29, 0.717) is 30.2 Å². The summed E-state index contributed by atoms with van der Waals surface area (Å²) in [7, 11) is 3.66. The van der Waals surface area contributed by atoms with Gasteiger partial charge in [0.2, 0.25) is 5.95 Å². The summed E-state index contributed by atoms with van der Waals surface area (Å²) >= 11 is 0. The van der Waals surface area contributed by atoms with E-state index in [9.17, 15) is 4.79 Å². The first kappa shape index (κ1) is 18.4. The van der Waals surface area contributed by atoms with Crippen LogP contribution < -0.4 is 15.4 Å². The molecular weight excluding hydrogens is 358 g/mol. The van der Waals surface area contributed by atoms with Gasteiger partial charge in [-0.1, -0.05) is 13.3 Å². The number of fused-ring (bicyclic) bond motifs is 1. The van der Waals surface area contributed by atoms with E-state index in [2.05, 4.69) is 26.9 Å². The van der Waals surface area contributed by atoms with Crippen LogP contribution in [0.1, 0.15) is 19.0 Å². The molecule has 28 heavy (non-hydrogen) atoms. The van der Waals surface area contributed by atoms with E-state index in [1.165, 1.54) is 0 Å². The third kappa shape index (κ3) is 3.33. The molecule has 1 fully saturated rings. The molecule has 148 valence electrons. The van der Waals surface area contributed by atoms with Crippen LogP contribution >= 0.6 is 0 Å². The quantitative estimate of drug-likeness (QED) is 0.715. The van der Waals surface area contributed by atoms with Gasteiger partial charge in [-0.05, 0) is 12.5 Å². The predicted octanol–water partition coefficient (Wildman–Crippen LogP) is 1.61. The second-order valence-corrected chi connectivity index (χ2v) is 6.94. The van der Waals surface area contributed by atoms with Gasteiger partial charge in [-0.25, -0.2) is 9.97 Å². The van der Waals surface area contributed by atoms with Crippen molar-refractivity contribution in [1.29, 1.82) is 0 Å². The zero-order valence-electron chi connectivity index (χ0n) is 16.5. The zero-order valence-corrected chi connectivity index (χ0v) is 16.5. The van der Waals surface area contributed by atoms with Gasteiger partial charge in [-0.3, -0.25) is 14.5 Å². The number of aromatic nitrogens is 5. The topological polar surface area (TPSA) is 92.2 Å². The molecule has 3 aromatic rings. The molecular formula is C19H25N7O2. The number of hydrogen-bond acceptors (Lipinski definition) is 7. The van der Waals surface area contributed by atoms with Crippen molar-refractivity contribution in [2.24, 2.45) is 7.05 Å². The molecule has 0 aliphatic carbocycles. The number of morpholine rings is 1. The Balaban J connectivity index is 1.71. The molecule has 0 radical (unpaired) electrons. The van der Waals surface area contributed by atoms with Crippen LogP contribution in [0.15, 0.2) is 23.1 Å². The predicted molar refractivity (Wildman–Crippen MR) is 108 cm³/mol. The first-order valence-electron chi connectivity index (χ1n) is 9.57. The van der Waals surface area contributed by atoms with E-state index in [0.717, 1.165) is 43.1 Å². The number of nitrogens with one attached hydrogen (secondary N) is 1. The average molecular weight is 383 g/mol. The molecule has 3 aromatic heterocycles. The summed E-state index contributed by atoms with van der Waals surface area (Å²) in [5.41, 5.74) is 2.73. The van der Waals surface area contributed by atoms with Gasteiger partial charge in [0.05, 0.1) is 18.9 Å². The SMILES string of the molecule is CCCc1nn(C)c2c(=O)[nH]c(N(C)c3ccnc(N4CCOCC4)c3)nc12. The minimum absolute atomic E-state index is 0.188. The van der Waals surface area contributed by atoms with Crippen LogP contribution in [0, 0.1) is 0 Å². The van der Waals surface area contributed by atoms with Crippen LogP contribution in [-0.2, 0) is 18.2 Å². The average Bonchev–Trinajstić information content (AvgIpc) is 3.04. The maximum atomic E-state index is 12.7. The highest BCUT2D eigenvalue weighted by molar-refractivity contribution is 5.78. The van der Waals surface area contributed by atoms with Crippen LogP contribution in [0.4, 0.5) is 17.5 Å². The highest BCUT2D eigenvalue weighted by Gasteiger charge is 2.18. The lowest BCUT2D eigenvalue weighted by atomic mass is 10.2. The van der Waals surface area contributed by atoms with Crippen molar-refractivity contribution in [3.63, 3.8) is 0 Å². The number of hydrogen-bond donors (Lipinski definition) is 1. The monoisotopic (exact) mass is 383 g/mol. The highest BCUT2D eigenvalue weighted by Crippen LogP contribution is 2.25. The minimum Gasteiger partial charge on any atom is -0.378 e. The number of rotatable bonds is 5. The maximum absolute atomic E-state index is 12.7. The Morgan fingerprint density at radius 2 is 2.11 bits per heavy atom. The first-order valence-corrected chi connectivity index (χ1v) is 9.57. The van der Waals surface area contributed by atoms with E-state index in [1.807, 2.05) is 24.1 Å². The second-order valence-electron chi connectivity index (χ2n) is 6.94. The van der Waals surface area contributed by atoms with Gasteiger partial charge in [0.15, 0.2) is 5.52 Å². The summed E-state index contributed by atoms with van der Waals surface area (Å²) in [6, 6.07) is 3.91. The summed E-state index contributed by atoms with van der Waals surface area (Å²) in [5.74, 6) is 1.38. The standard InChI is InChI=1S/C19H25N7O2/c1-4-5-14-16-17(25(3)23-14)18(27)22-19(21-16)24(2)13-6-7-20-15(12-13)26-8-10-28-11-9-26/h6-7,12H,4-5,8-11H2,1-3H3,(H,21,22,27). The third-order valence-corrected chi connectivity index (χ3v) is 5.01. The summed E-state index contributed by atoms with van der Waals surface area (Å²) < 4.78 is 7.03. The second kappa shape index (κ2) is 7.59. The third-order valence-electron chi connectivity index (χ3n) is 5.01. The van der Waals surface area contributed by atoms with Crippen molar-refractivity contribution >= 4 is 28.5 Å². The molecule has 0 spiro atoms. The number of aromatic amines is 1. The Labute approximate surface area is 163 Å². The molecule has 0 aromatic carbocycles. The fraction of sp³-hybridized carbons (Fsp3) is 0.474. The molecule has 0 bridgehead atoms. The number of nitrogens with zero attached hydrogens (tertiary/aromatic N) is 6. The Morgan fingerprint density at radius 3 is 2.86 bits per heavy atom. The Bertz CT molecular complexity index is 1040. The number of aryl methyl sites for hydroxylation is 2. The lowest BCUT2D eigenvalue weighted by Crippen LogP contribution is -2.36. The largest absolute Gasteiger partial charge is 0.378 e. The van der Waals surface area contributed by atoms with Gasteiger partial charge < -0.3 is 14.5 Å². The molecule has 1 aliphatic rings. The van der Waals surface area contributed by atoms with Crippen molar-refractivity contribution < 1.29 is 4.74 Å². The van der Waals surface area contributed by atoms with E-state index < -0.39 is 0 Å². The van der Waals surface area contributed by atoms with Crippen LogP contribution in [0.3, 0.4) is 0 Å². The van der Waals surface area contributed by atoms with Gasteiger partial charge in [0, 0.05) is 45.1 Å². The minimum atomic E-state index is -0.188. The van der Waals surface area contributed by atoms with E-state index in [4.69, 9.17) is 9.72 Å². The normalized spacial score (nSPS) is 14.6. The molecule has 1 N–H and O–H groups in total. The Hall–Kier alpha value is -2.94. The molecule has 0 atom stereocenters. The summed E-state index contributed by atoms with van der Waals surface area (Å²) in [5, 5.41) is 4.48. The van der Waals surface area contributed by atoms with Gasteiger partial charge >= 0.3 is 0 Å². The number of ether oxygens (including phenoxy) is 1. The lowest BCUT2D eigenvalue weighted by Gasteiger charge is -2.28. The van der Waals surface area contributed by atoms with Gasteiger partial charge in [0.1, 0.15) is 11.3 Å². The molecule has 9 nitrogen and oxygen atoms in total. The molecule has 4 heterocycles. The van der Waals surface area contributed by atoms with E-state index in [-0.39, 0.29) is 5.56 Å². The molecule has 1 aliphatic heterocycles. The fourth-order valence-electron chi connectivity index (χ4n) is 3.50. The molecule has 4 rings (SSSR count). The zero-order chi connectivity index (χ0) is 19.7. The maximum Gasteiger partial charge on any atom is 0.278 e. The highest BCUT2D eigenvalue weighted by atomic mass is 16.5. The molecule has 0 amide bonds. The van der Waals surface area contributed by atoms with Crippen molar-refractivity contribution in [2.75, 3.05) is 43.2 Å². The molecule has 0 unspecified atom stereocenters. The van der Waals surface area contributed by atoms with Crippen LogP contribution in [0.2, 0.25) is 0 Å². The first-order chi connectivity index (χ1) is 13.6.